The van der Waals surface area contributed by atoms with Gasteiger partial charge in [-0.1, -0.05) is 36.4 Å². The average Bonchev–Trinajstić information content (AvgIpc) is 3.40. The van der Waals surface area contributed by atoms with Crippen LogP contribution in [-0.2, 0) is 35.5 Å². The van der Waals surface area contributed by atoms with Crippen molar-refractivity contribution in [1.82, 2.24) is 9.13 Å². The predicted molar refractivity (Wildman–Crippen MR) is 129 cm³/mol. The fourth-order valence-electron chi connectivity index (χ4n) is 4.35. The lowest BCUT2D eigenvalue weighted by molar-refractivity contribution is -0.145. The number of carbonyl (C=O) groups is 1. The number of aromatic nitrogens is 2. The molecule has 0 unspecified atom stereocenters. The van der Waals surface area contributed by atoms with Gasteiger partial charge in [0.25, 0.3) is 5.56 Å². The maximum atomic E-state index is 13.6. The first kappa shape index (κ1) is 21.4. The van der Waals surface area contributed by atoms with Gasteiger partial charge >= 0.3 is 11.7 Å². The third-order valence-corrected chi connectivity index (χ3v) is 7.58. The number of nitrogens with zero attached hydrogens (tertiary/aromatic N) is 2. The number of ether oxygens (including phenoxy) is 1. The molecule has 0 saturated carbocycles. The highest BCUT2D eigenvalue weighted by Gasteiger charge is 2.26. The van der Waals surface area contributed by atoms with Crippen LogP contribution >= 0.6 is 11.3 Å². The Morgan fingerprint density at radius 3 is 2.58 bits per heavy atom. The van der Waals surface area contributed by atoms with Crippen LogP contribution in [0.3, 0.4) is 0 Å². The molecule has 0 atom stereocenters. The minimum absolute atomic E-state index is 0.134. The van der Waals surface area contributed by atoms with E-state index in [1.54, 1.807) is 6.07 Å². The summed E-state index contributed by atoms with van der Waals surface area (Å²) in [4.78, 5) is 41.5. The number of hydrogen-bond donors (Lipinski definition) is 0. The first-order chi connectivity index (χ1) is 15.9. The van der Waals surface area contributed by atoms with E-state index >= 15 is 0 Å². The van der Waals surface area contributed by atoms with E-state index in [0.29, 0.717) is 15.9 Å². The number of carbonyl (C=O) groups excluding carboxylic acids is 1. The van der Waals surface area contributed by atoms with Gasteiger partial charge in [0.05, 0.1) is 11.1 Å². The van der Waals surface area contributed by atoms with Crippen LogP contribution in [0.1, 0.15) is 33.6 Å². The van der Waals surface area contributed by atoms with Crippen LogP contribution in [0.4, 0.5) is 0 Å². The van der Waals surface area contributed by atoms with E-state index < -0.39 is 11.7 Å². The molecule has 0 saturated heterocycles. The molecular formula is C26H24N2O4S. The molecule has 2 aromatic heterocycles. The first-order valence-electron chi connectivity index (χ1n) is 11.0. The van der Waals surface area contributed by atoms with Crippen LogP contribution in [0, 0.1) is 13.8 Å². The Labute approximate surface area is 194 Å². The van der Waals surface area contributed by atoms with Gasteiger partial charge in [0.2, 0.25) is 0 Å². The maximum absolute atomic E-state index is 13.6. The van der Waals surface area contributed by atoms with Gasteiger partial charge < -0.3 is 4.74 Å². The van der Waals surface area contributed by atoms with Gasteiger partial charge in [-0.05, 0) is 67.5 Å². The number of thiophene rings is 1. The molecule has 168 valence electrons. The predicted octanol–water partition coefficient (Wildman–Crippen LogP) is 4.06. The Balaban J connectivity index is 1.61. The zero-order chi connectivity index (χ0) is 23.1. The number of aryl methyl sites for hydroxylation is 4. The summed E-state index contributed by atoms with van der Waals surface area (Å²) >= 11 is 1.45. The highest BCUT2D eigenvalue weighted by molar-refractivity contribution is 7.19. The third-order valence-electron chi connectivity index (χ3n) is 6.27. The lowest BCUT2D eigenvalue weighted by Gasteiger charge is -2.13. The highest BCUT2D eigenvalue weighted by Crippen LogP contribution is 2.35. The molecule has 0 spiro atoms. The van der Waals surface area contributed by atoms with Gasteiger partial charge in [-0.2, -0.15) is 0 Å². The van der Waals surface area contributed by atoms with E-state index in [1.165, 1.54) is 20.5 Å². The maximum Gasteiger partial charge on any atom is 0.337 e. The van der Waals surface area contributed by atoms with Gasteiger partial charge in [-0.25, -0.2) is 9.36 Å². The van der Waals surface area contributed by atoms with Crippen molar-refractivity contribution < 1.29 is 9.53 Å². The van der Waals surface area contributed by atoms with Gasteiger partial charge in [0.1, 0.15) is 18.0 Å². The number of rotatable bonds is 5. The summed E-state index contributed by atoms with van der Waals surface area (Å²) in [7, 11) is 0. The number of benzene rings is 2. The summed E-state index contributed by atoms with van der Waals surface area (Å²) in [6.45, 7) is 3.82. The molecule has 0 fully saturated rings. The van der Waals surface area contributed by atoms with Gasteiger partial charge in [-0.3, -0.25) is 14.2 Å². The van der Waals surface area contributed by atoms with E-state index in [1.807, 2.05) is 56.3 Å². The Bertz CT molecular complexity index is 1490. The van der Waals surface area contributed by atoms with Crippen LogP contribution < -0.4 is 11.2 Å². The van der Waals surface area contributed by atoms with E-state index in [0.717, 1.165) is 46.4 Å². The van der Waals surface area contributed by atoms with Crippen molar-refractivity contribution in [2.75, 3.05) is 0 Å². The summed E-state index contributed by atoms with van der Waals surface area (Å²) < 4.78 is 8.05. The quantitative estimate of drug-likeness (QED) is 0.421. The topological polar surface area (TPSA) is 70.3 Å². The first-order valence-corrected chi connectivity index (χ1v) is 11.8. The molecular weight excluding hydrogens is 436 g/mol. The van der Waals surface area contributed by atoms with Crippen molar-refractivity contribution in [1.29, 1.82) is 0 Å². The molecule has 1 aliphatic rings. The molecule has 0 N–H and O–H groups in total. The standard InChI is InChI=1S/C26H24N2O4S/c1-16-11-12-19(13-17(16)2)28-24(30)23-20-9-6-10-21(20)33-25(23)27(26(28)31)14-22(29)32-15-18-7-4-3-5-8-18/h3-5,7-8,11-13H,6,9-10,14-15H2,1-2H3. The molecule has 2 heterocycles. The zero-order valence-corrected chi connectivity index (χ0v) is 19.4. The van der Waals surface area contributed by atoms with E-state index in [2.05, 4.69) is 0 Å². The molecule has 5 rings (SSSR count). The summed E-state index contributed by atoms with van der Waals surface area (Å²) in [5.41, 5.74) is 3.64. The second kappa shape index (κ2) is 8.48. The smallest absolute Gasteiger partial charge is 0.337 e. The number of fused-ring (bicyclic) bond motifs is 3. The molecule has 0 radical (unpaired) electrons. The summed E-state index contributed by atoms with van der Waals surface area (Å²) in [6, 6.07) is 14.9. The summed E-state index contributed by atoms with van der Waals surface area (Å²) in [6.07, 6.45) is 2.71. The lowest BCUT2D eigenvalue weighted by Crippen LogP contribution is -2.40. The van der Waals surface area contributed by atoms with Crippen molar-refractivity contribution in [3.05, 3.63) is 96.5 Å². The van der Waals surface area contributed by atoms with Crippen molar-refractivity contribution in [2.24, 2.45) is 0 Å². The minimum Gasteiger partial charge on any atom is -0.459 e. The molecule has 0 amide bonds. The Hall–Kier alpha value is -3.45. The summed E-state index contributed by atoms with van der Waals surface area (Å²) in [5, 5.41) is 0.557. The molecule has 2 aromatic carbocycles. The number of esters is 1. The van der Waals surface area contributed by atoms with Crippen LogP contribution in [0.15, 0.2) is 58.1 Å². The van der Waals surface area contributed by atoms with Crippen molar-refractivity contribution >= 4 is 27.5 Å². The Morgan fingerprint density at radius 2 is 1.82 bits per heavy atom. The van der Waals surface area contributed by atoms with Crippen LogP contribution in [0.25, 0.3) is 15.9 Å². The average molecular weight is 461 g/mol. The van der Waals surface area contributed by atoms with Crippen molar-refractivity contribution in [3.63, 3.8) is 0 Å². The fourth-order valence-corrected chi connectivity index (χ4v) is 5.72. The Kier molecular flexibility index (Phi) is 5.50. The van der Waals surface area contributed by atoms with Gasteiger partial charge in [-0.15, -0.1) is 11.3 Å². The van der Waals surface area contributed by atoms with Crippen LogP contribution in [0.2, 0.25) is 0 Å². The fraction of sp³-hybridized carbons (Fsp3) is 0.269. The lowest BCUT2D eigenvalue weighted by atomic mass is 10.1. The SMILES string of the molecule is Cc1ccc(-n2c(=O)c3c4c(sc3n(CC(=O)OCc3ccccc3)c2=O)CCC4)cc1C. The molecule has 0 bridgehead atoms. The second-order valence-electron chi connectivity index (χ2n) is 8.46. The molecule has 33 heavy (non-hydrogen) atoms. The van der Waals surface area contributed by atoms with Crippen molar-refractivity contribution in [2.45, 2.75) is 46.3 Å². The van der Waals surface area contributed by atoms with Gasteiger partial charge in [0, 0.05) is 4.88 Å². The normalized spacial score (nSPS) is 12.8. The van der Waals surface area contributed by atoms with E-state index in [9.17, 15) is 14.4 Å². The van der Waals surface area contributed by atoms with E-state index in [4.69, 9.17) is 4.74 Å². The second-order valence-corrected chi connectivity index (χ2v) is 9.55. The van der Waals surface area contributed by atoms with Crippen LogP contribution in [-0.4, -0.2) is 15.1 Å². The molecule has 4 aromatic rings. The molecule has 0 aliphatic heterocycles. The molecule has 6 nitrogen and oxygen atoms in total. The van der Waals surface area contributed by atoms with Gasteiger partial charge in [0.15, 0.2) is 0 Å². The highest BCUT2D eigenvalue weighted by atomic mass is 32.1. The van der Waals surface area contributed by atoms with E-state index in [-0.39, 0.29) is 18.7 Å². The van der Waals surface area contributed by atoms with Crippen molar-refractivity contribution in [3.8, 4) is 5.69 Å². The molecule has 1 aliphatic carbocycles. The monoisotopic (exact) mass is 460 g/mol. The Morgan fingerprint density at radius 1 is 1.03 bits per heavy atom. The minimum atomic E-state index is -0.521. The number of hydrogen-bond acceptors (Lipinski definition) is 5. The zero-order valence-electron chi connectivity index (χ0n) is 18.6. The largest absolute Gasteiger partial charge is 0.459 e. The van der Waals surface area contributed by atoms with Crippen LogP contribution in [0.5, 0.6) is 0 Å². The summed E-state index contributed by atoms with van der Waals surface area (Å²) in [5.74, 6) is -0.513. The molecule has 7 heteroatoms. The third kappa shape index (κ3) is 3.82.